The first kappa shape index (κ1) is 20.8. The van der Waals surface area contributed by atoms with E-state index in [1.54, 1.807) is 7.05 Å². The van der Waals surface area contributed by atoms with E-state index in [0.29, 0.717) is 0 Å². The van der Waals surface area contributed by atoms with Gasteiger partial charge in [-0.2, -0.15) is 0 Å². The highest BCUT2D eigenvalue weighted by molar-refractivity contribution is 5.73. The maximum atomic E-state index is 10.9. The summed E-state index contributed by atoms with van der Waals surface area (Å²) in [6, 6.07) is -0.0791. The van der Waals surface area contributed by atoms with Crippen molar-refractivity contribution in [1.82, 2.24) is 10.6 Å². The fraction of sp³-hybridized carbons (Fsp3) is 0.737. The van der Waals surface area contributed by atoms with Crippen molar-refractivity contribution in [2.45, 2.75) is 77.6 Å². The lowest BCUT2D eigenvalue weighted by Gasteiger charge is -2.03. The summed E-state index contributed by atoms with van der Waals surface area (Å²) < 4.78 is 0. The molecule has 0 heterocycles. The maximum absolute atomic E-state index is 10.9. The normalized spacial score (nSPS) is 11.4. The number of rotatable bonds is 14. The Hall–Kier alpha value is -1.25. The van der Waals surface area contributed by atoms with E-state index in [4.69, 9.17) is 0 Å². The zero-order valence-corrected chi connectivity index (χ0v) is 14.7. The molecule has 3 nitrogen and oxygen atoms in total. The smallest absolute Gasteiger partial charge is 0.314 e. The average molecular weight is 309 g/mol. The highest BCUT2D eigenvalue weighted by atomic mass is 16.2. The predicted molar refractivity (Wildman–Crippen MR) is 97.2 cm³/mol. The van der Waals surface area contributed by atoms with Crippen molar-refractivity contribution in [2.75, 3.05) is 13.6 Å². The molecule has 0 unspecified atom stereocenters. The van der Waals surface area contributed by atoms with E-state index >= 15 is 0 Å². The first-order chi connectivity index (χ1) is 10.8. The Morgan fingerprint density at radius 3 is 2.05 bits per heavy atom. The minimum Gasteiger partial charge on any atom is -0.341 e. The number of unbranched alkanes of at least 4 members (excludes halogenated alkanes) is 8. The first-order valence-corrected chi connectivity index (χ1v) is 9.06. The molecule has 0 fully saturated rings. The van der Waals surface area contributed by atoms with Crippen LogP contribution in [0.1, 0.15) is 77.6 Å². The number of allylic oxidation sites excluding steroid dienone is 4. The van der Waals surface area contributed by atoms with Crippen LogP contribution in [0, 0.1) is 0 Å². The first-order valence-electron chi connectivity index (χ1n) is 9.06. The summed E-state index contributed by atoms with van der Waals surface area (Å²) in [6.07, 6.45) is 22.8. The van der Waals surface area contributed by atoms with Crippen LogP contribution in [0.5, 0.6) is 0 Å². The largest absolute Gasteiger partial charge is 0.341 e. The molecule has 0 rings (SSSR count). The zero-order chi connectivity index (χ0) is 16.3. The molecule has 0 saturated heterocycles. The molecule has 0 aliphatic heterocycles. The van der Waals surface area contributed by atoms with Gasteiger partial charge in [-0.3, -0.25) is 0 Å². The Bertz CT molecular complexity index is 298. The number of hydrogen-bond donors (Lipinski definition) is 2. The third-order valence-electron chi connectivity index (χ3n) is 3.64. The van der Waals surface area contributed by atoms with Gasteiger partial charge < -0.3 is 10.6 Å². The fourth-order valence-corrected chi connectivity index (χ4v) is 2.23. The number of hydrogen-bond acceptors (Lipinski definition) is 1. The predicted octanol–water partition coefficient (Wildman–Crippen LogP) is 5.34. The van der Waals surface area contributed by atoms with E-state index in [1.807, 2.05) is 0 Å². The van der Waals surface area contributed by atoms with Gasteiger partial charge >= 0.3 is 6.03 Å². The summed E-state index contributed by atoms with van der Waals surface area (Å²) in [5.41, 5.74) is 0. The van der Waals surface area contributed by atoms with Crippen molar-refractivity contribution < 1.29 is 4.79 Å². The van der Waals surface area contributed by atoms with Crippen LogP contribution in [-0.2, 0) is 0 Å². The number of nitrogens with one attached hydrogen (secondary N) is 2. The second kappa shape index (κ2) is 17.8. The summed E-state index contributed by atoms with van der Waals surface area (Å²) in [5.74, 6) is 0. The Morgan fingerprint density at radius 1 is 0.818 bits per heavy atom. The van der Waals surface area contributed by atoms with Crippen LogP contribution in [0.4, 0.5) is 4.79 Å². The van der Waals surface area contributed by atoms with E-state index < -0.39 is 0 Å². The number of carbonyl (C=O) groups excluding carboxylic acids is 1. The van der Waals surface area contributed by atoms with E-state index in [-0.39, 0.29) is 6.03 Å². The minimum atomic E-state index is -0.0791. The molecule has 0 aromatic carbocycles. The molecule has 0 bridgehead atoms. The molecule has 0 aromatic heterocycles. The summed E-state index contributed by atoms with van der Waals surface area (Å²) in [7, 11) is 1.64. The molecule has 0 aromatic rings. The van der Waals surface area contributed by atoms with Crippen molar-refractivity contribution in [3.05, 3.63) is 24.3 Å². The van der Waals surface area contributed by atoms with E-state index in [9.17, 15) is 4.79 Å². The number of urea groups is 1. The van der Waals surface area contributed by atoms with Gasteiger partial charge in [0.05, 0.1) is 0 Å². The summed E-state index contributed by atoms with van der Waals surface area (Å²) >= 11 is 0. The minimum absolute atomic E-state index is 0.0791. The van der Waals surface area contributed by atoms with Crippen molar-refractivity contribution >= 4 is 6.03 Å². The molecule has 0 aliphatic carbocycles. The van der Waals surface area contributed by atoms with Crippen LogP contribution in [0.2, 0.25) is 0 Å². The van der Waals surface area contributed by atoms with Crippen molar-refractivity contribution in [1.29, 1.82) is 0 Å². The van der Waals surface area contributed by atoms with Crippen LogP contribution < -0.4 is 10.6 Å². The van der Waals surface area contributed by atoms with Gasteiger partial charge in [-0.05, 0) is 38.5 Å². The molecule has 22 heavy (non-hydrogen) atoms. The lowest BCUT2D eigenvalue weighted by Crippen LogP contribution is -2.33. The van der Waals surface area contributed by atoms with Gasteiger partial charge in [-0.1, -0.05) is 63.3 Å². The van der Waals surface area contributed by atoms with Gasteiger partial charge in [0.1, 0.15) is 0 Å². The van der Waals surface area contributed by atoms with Gasteiger partial charge in [-0.25, -0.2) is 4.79 Å². The molecule has 0 saturated carbocycles. The summed E-state index contributed by atoms with van der Waals surface area (Å²) in [5, 5.41) is 5.37. The second-order valence-corrected chi connectivity index (χ2v) is 5.74. The van der Waals surface area contributed by atoms with E-state index in [1.165, 1.54) is 57.8 Å². The molecule has 0 spiro atoms. The lowest BCUT2D eigenvalue weighted by atomic mass is 10.1. The Kier molecular flexibility index (Phi) is 16.8. The molecule has 3 heteroatoms. The summed E-state index contributed by atoms with van der Waals surface area (Å²) in [4.78, 5) is 10.9. The van der Waals surface area contributed by atoms with Gasteiger partial charge in [0.25, 0.3) is 0 Å². The Morgan fingerprint density at radius 2 is 1.41 bits per heavy atom. The molecular formula is C19H36N2O. The van der Waals surface area contributed by atoms with Gasteiger partial charge in [-0.15, -0.1) is 0 Å². The number of amides is 2. The average Bonchev–Trinajstić information content (AvgIpc) is 2.54. The van der Waals surface area contributed by atoms with E-state index in [2.05, 4.69) is 41.9 Å². The molecule has 0 radical (unpaired) electrons. The third-order valence-corrected chi connectivity index (χ3v) is 3.64. The topological polar surface area (TPSA) is 41.1 Å². The van der Waals surface area contributed by atoms with Gasteiger partial charge in [0, 0.05) is 13.6 Å². The van der Waals surface area contributed by atoms with Gasteiger partial charge in [0.15, 0.2) is 0 Å². The quantitative estimate of drug-likeness (QED) is 0.330. The van der Waals surface area contributed by atoms with Crippen LogP contribution in [0.15, 0.2) is 24.3 Å². The molecular weight excluding hydrogens is 272 g/mol. The highest BCUT2D eigenvalue weighted by Gasteiger charge is 1.94. The monoisotopic (exact) mass is 308 g/mol. The van der Waals surface area contributed by atoms with Crippen LogP contribution >= 0.6 is 0 Å². The molecule has 2 N–H and O–H groups in total. The SMILES string of the molecule is CCCCC/C=C\C/C=C\CCCCCCCNC(=O)NC. The van der Waals surface area contributed by atoms with Crippen LogP contribution in [0.3, 0.4) is 0 Å². The molecule has 128 valence electrons. The highest BCUT2D eigenvalue weighted by Crippen LogP contribution is 2.06. The lowest BCUT2D eigenvalue weighted by molar-refractivity contribution is 0.242. The van der Waals surface area contributed by atoms with Crippen molar-refractivity contribution in [3.8, 4) is 0 Å². The van der Waals surface area contributed by atoms with Crippen molar-refractivity contribution in [3.63, 3.8) is 0 Å². The maximum Gasteiger partial charge on any atom is 0.314 e. The molecule has 0 atom stereocenters. The van der Waals surface area contributed by atoms with Gasteiger partial charge in [0.2, 0.25) is 0 Å². The third kappa shape index (κ3) is 16.8. The van der Waals surface area contributed by atoms with Crippen LogP contribution in [-0.4, -0.2) is 19.6 Å². The zero-order valence-electron chi connectivity index (χ0n) is 14.7. The number of carbonyl (C=O) groups is 1. The molecule has 2 amide bonds. The molecule has 0 aliphatic rings. The van der Waals surface area contributed by atoms with E-state index in [0.717, 1.165) is 19.4 Å². The Labute approximate surface area is 137 Å². The summed E-state index contributed by atoms with van der Waals surface area (Å²) in [6.45, 7) is 3.03. The second-order valence-electron chi connectivity index (χ2n) is 5.74. The van der Waals surface area contributed by atoms with Crippen LogP contribution in [0.25, 0.3) is 0 Å². The standard InChI is InChI=1S/C19H36N2O/c1-3-4-5-6-7-8-9-10-11-12-13-14-15-16-17-18-21-19(22)20-2/h7-8,10-11H,3-6,9,12-18H2,1-2H3,(H2,20,21,22)/b8-7-,11-10-. The Balaban J connectivity index is 3.19. The fourth-order valence-electron chi connectivity index (χ4n) is 2.23. The van der Waals surface area contributed by atoms with Crippen molar-refractivity contribution in [2.24, 2.45) is 0 Å².